The standard InChI is InChI=1S/C12H9Cl2N3O2/c1-6-2-3-8(13)10(9(6)14)17-11-7(12(18)19)4-15-5-16-11/h2-5H,1H3,(H,18,19)(H,15,16,17). The zero-order valence-electron chi connectivity index (χ0n) is 9.82. The zero-order valence-corrected chi connectivity index (χ0v) is 11.3. The molecule has 5 nitrogen and oxygen atoms in total. The van der Waals surface area contributed by atoms with Gasteiger partial charge in [-0.25, -0.2) is 14.8 Å². The zero-order chi connectivity index (χ0) is 14.0. The van der Waals surface area contributed by atoms with E-state index in [0.29, 0.717) is 15.7 Å². The lowest BCUT2D eigenvalue weighted by atomic mass is 10.2. The number of halogens is 2. The number of aromatic carboxylic acids is 1. The molecule has 0 spiro atoms. The fraction of sp³-hybridized carbons (Fsp3) is 0.0833. The second kappa shape index (κ2) is 5.42. The number of hydrogen-bond acceptors (Lipinski definition) is 4. The Bertz CT molecular complexity index is 647. The molecule has 0 amide bonds. The number of benzene rings is 1. The SMILES string of the molecule is Cc1ccc(Cl)c(Nc2ncncc2C(=O)O)c1Cl. The van der Waals surface area contributed by atoms with Gasteiger partial charge in [-0.15, -0.1) is 0 Å². The first-order chi connectivity index (χ1) is 9.00. The van der Waals surface area contributed by atoms with Crippen LogP contribution in [0.4, 0.5) is 11.5 Å². The summed E-state index contributed by atoms with van der Waals surface area (Å²) in [4.78, 5) is 18.6. The van der Waals surface area contributed by atoms with Gasteiger partial charge < -0.3 is 10.4 Å². The van der Waals surface area contributed by atoms with Gasteiger partial charge in [-0.2, -0.15) is 0 Å². The molecule has 2 rings (SSSR count). The van der Waals surface area contributed by atoms with Crippen molar-refractivity contribution in [3.05, 3.63) is 45.8 Å². The maximum absolute atomic E-state index is 11.1. The van der Waals surface area contributed by atoms with Crippen LogP contribution in [0.5, 0.6) is 0 Å². The molecule has 1 aromatic heterocycles. The van der Waals surface area contributed by atoms with Crippen LogP contribution in [0.2, 0.25) is 10.0 Å². The molecule has 1 aromatic carbocycles. The summed E-state index contributed by atoms with van der Waals surface area (Å²) in [6.45, 7) is 1.82. The van der Waals surface area contributed by atoms with E-state index in [4.69, 9.17) is 28.3 Å². The van der Waals surface area contributed by atoms with E-state index in [1.165, 1.54) is 12.5 Å². The first-order valence-electron chi connectivity index (χ1n) is 5.25. The molecule has 7 heteroatoms. The van der Waals surface area contributed by atoms with Crippen molar-refractivity contribution in [3.8, 4) is 0 Å². The summed E-state index contributed by atoms with van der Waals surface area (Å²) in [5, 5.41) is 12.7. The highest BCUT2D eigenvalue weighted by atomic mass is 35.5. The molecule has 0 bridgehead atoms. The molecule has 1 heterocycles. The van der Waals surface area contributed by atoms with Gasteiger partial charge in [0.25, 0.3) is 0 Å². The third-order valence-electron chi connectivity index (χ3n) is 2.47. The smallest absolute Gasteiger partial charge is 0.341 e. The van der Waals surface area contributed by atoms with Gasteiger partial charge >= 0.3 is 5.97 Å². The topological polar surface area (TPSA) is 75.1 Å². The number of carbonyl (C=O) groups is 1. The number of nitrogens with one attached hydrogen (secondary N) is 1. The second-order valence-corrected chi connectivity index (χ2v) is 4.55. The molecule has 0 atom stereocenters. The average molecular weight is 298 g/mol. The minimum absolute atomic E-state index is 0.0591. The predicted molar refractivity (Wildman–Crippen MR) is 73.5 cm³/mol. The summed E-state index contributed by atoms with van der Waals surface area (Å²) in [6, 6.07) is 3.45. The molecule has 0 saturated heterocycles. The number of aromatic nitrogens is 2. The van der Waals surface area contributed by atoms with Crippen molar-refractivity contribution >= 4 is 40.7 Å². The lowest BCUT2D eigenvalue weighted by molar-refractivity contribution is 0.0697. The minimum atomic E-state index is -1.14. The molecule has 19 heavy (non-hydrogen) atoms. The molecular weight excluding hydrogens is 289 g/mol. The monoisotopic (exact) mass is 297 g/mol. The lowest BCUT2D eigenvalue weighted by Gasteiger charge is -2.12. The summed E-state index contributed by atoms with van der Waals surface area (Å²) >= 11 is 12.2. The van der Waals surface area contributed by atoms with Crippen LogP contribution in [0.1, 0.15) is 15.9 Å². The number of nitrogens with zero attached hydrogens (tertiary/aromatic N) is 2. The number of carboxylic acids is 1. The third kappa shape index (κ3) is 2.77. The summed E-state index contributed by atoms with van der Waals surface area (Å²) < 4.78 is 0. The molecule has 0 aliphatic carbocycles. The third-order valence-corrected chi connectivity index (χ3v) is 3.27. The maximum atomic E-state index is 11.1. The van der Waals surface area contributed by atoms with Crippen LogP contribution in [0.3, 0.4) is 0 Å². The Hall–Kier alpha value is -1.85. The van der Waals surface area contributed by atoms with E-state index in [1.807, 2.05) is 6.92 Å². The summed E-state index contributed by atoms with van der Waals surface area (Å²) in [5.41, 5.74) is 1.18. The van der Waals surface area contributed by atoms with Crippen LogP contribution in [0.25, 0.3) is 0 Å². The van der Waals surface area contributed by atoms with Crippen molar-refractivity contribution in [3.63, 3.8) is 0 Å². The van der Waals surface area contributed by atoms with Gasteiger partial charge in [-0.1, -0.05) is 29.3 Å². The fourth-order valence-electron chi connectivity index (χ4n) is 1.48. The van der Waals surface area contributed by atoms with Gasteiger partial charge in [0, 0.05) is 6.20 Å². The Kier molecular flexibility index (Phi) is 3.87. The molecule has 2 aromatic rings. The van der Waals surface area contributed by atoms with Crippen molar-refractivity contribution in [2.24, 2.45) is 0 Å². The average Bonchev–Trinajstić information content (AvgIpc) is 2.39. The van der Waals surface area contributed by atoms with Gasteiger partial charge in [-0.3, -0.25) is 0 Å². The summed E-state index contributed by atoms with van der Waals surface area (Å²) in [7, 11) is 0. The van der Waals surface area contributed by atoms with E-state index in [2.05, 4.69) is 15.3 Å². The molecule has 0 fully saturated rings. The number of anilines is 2. The first kappa shape index (κ1) is 13.6. The summed E-state index contributed by atoms with van der Waals surface area (Å²) in [5.74, 6) is -1.00. The number of rotatable bonds is 3. The van der Waals surface area contributed by atoms with Crippen LogP contribution >= 0.6 is 23.2 Å². The van der Waals surface area contributed by atoms with E-state index < -0.39 is 5.97 Å². The Balaban J connectivity index is 2.48. The van der Waals surface area contributed by atoms with E-state index in [1.54, 1.807) is 12.1 Å². The molecule has 0 aliphatic rings. The molecule has 98 valence electrons. The molecule has 0 aliphatic heterocycles. The quantitative estimate of drug-likeness (QED) is 0.906. The van der Waals surface area contributed by atoms with E-state index in [-0.39, 0.29) is 11.4 Å². The van der Waals surface area contributed by atoms with E-state index >= 15 is 0 Å². The van der Waals surface area contributed by atoms with Crippen LogP contribution in [-0.4, -0.2) is 21.0 Å². The number of hydrogen-bond donors (Lipinski definition) is 2. The van der Waals surface area contributed by atoms with Crippen molar-refractivity contribution < 1.29 is 9.90 Å². The van der Waals surface area contributed by atoms with Gasteiger partial charge in [0.15, 0.2) is 0 Å². The normalized spacial score (nSPS) is 10.3. The highest BCUT2D eigenvalue weighted by molar-refractivity contribution is 6.39. The Labute approximate surface area is 119 Å². The summed E-state index contributed by atoms with van der Waals surface area (Å²) in [6.07, 6.45) is 2.45. The largest absolute Gasteiger partial charge is 0.477 e. The minimum Gasteiger partial charge on any atom is -0.477 e. The lowest BCUT2D eigenvalue weighted by Crippen LogP contribution is -2.06. The molecular formula is C12H9Cl2N3O2. The van der Waals surface area contributed by atoms with Crippen molar-refractivity contribution in [1.29, 1.82) is 0 Å². The Morgan fingerprint density at radius 2 is 2.11 bits per heavy atom. The van der Waals surface area contributed by atoms with Crippen LogP contribution in [-0.2, 0) is 0 Å². The van der Waals surface area contributed by atoms with Crippen molar-refractivity contribution in [1.82, 2.24) is 9.97 Å². The van der Waals surface area contributed by atoms with Gasteiger partial charge in [0.2, 0.25) is 0 Å². The molecule has 0 saturated carbocycles. The first-order valence-corrected chi connectivity index (χ1v) is 6.01. The van der Waals surface area contributed by atoms with Crippen molar-refractivity contribution in [2.75, 3.05) is 5.32 Å². The van der Waals surface area contributed by atoms with Gasteiger partial charge in [0.05, 0.1) is 15.7 Å². The molecule has 2 N–H and O–H groups in total. The van der Waals surface area contributed by atoms with Crippen LogP contribution in [0, 0.1) is 6.92 Å². The number of aryl methyl sites for hydroxylation is 1. The highest BCUT2D eigenvalue weighted by Crippen LogP contribution is 2.35. The van der Waals surface area contributed by atoms with Crippen LogP contribution < -0.4 is 5.32 Å². The van der Waals surface area contributed by atoms with Crippen molar-refractivity contribution in [2.45, 2.75) is 6.92 Å². The molecule has 0 unspecified atom stereocenters. The van der Waals surface area contributed by atoms with E-state index in [9.17, 15) is 4.79 Å². The Morgan fingerprint density at radius 1 is 1.37 bits per heavy atom. The van der Waals surface area contributed by atoms with Crippen LogP contribution in [0.15, 0.2) is 24.7 Å². The molecule has 0 radical (unpaired) electrons. The van der Waals surface area contributed by atoms with Gasteiger partial charge in [-0.05, 0) is 18.6 Å². The van der Waals surface area contributed by atoms with E-state index in [0.717, 1.165) is 5.56 Å². The maximum Gasteiger partial charge on any atom is 0.341 e. The second-order valence-electron chi connectivity index (χ2n) is 3.77. The Morgan fingerprint density at radius 3 is 2.79 bits per heavy atom. The fourth-order valence-corrected chi connectivity index (χ4v) is 1.94. The highest BCUT2D eigenvalue weighted by Gasteiger charge is 2.15. The predicted octanol–water partition coefficient (Wildman–Crippen LogP) is 3.53. The van der Waals surface area contributed by atoms with Gasteiger partial charge in [0.1, 0.15) is 17.7 Å². The number of carboxylic acid groups (broad SMARTS) is 1.